The summed E-state index contributed by atoms with van der Waals surface area (Å²) in [6.45, 7) is 7.45. The van der Waals surface area contributed by atoms with Crippen LogP contribution in [0, 0.1) is 13.8 Å². The summed E-state index contributed by atoms with van der Waals surface area (Å²) in [5, 5.41) is 5.25. The van der Waals surface area contributed by atoms with Crippen LogP contribution in [0.4, 0.5) is 5.13 Å². The van der Waals surface area contributed by atoms with Crippen LogP contribution in [-0.4, -0.2) is 23.3 Å². The molecule has 2 N–H and O–H groups in total. The summed E-state index contributed by atoms with van der Waals surface area (Å²) in [7, 11) is 0. The molecule has 1 rings (SSSR count). The summed E-state index contributed by atoms with van der Waals surface area (Å²) >= 11 is 1.34. The van der Waals surface area contributed by atoms with Crippen molar-refractivity contribution in [2.45, 2.75) is 13.8 Å². The molecular weight excluding hydrogens is 226 g/mol. The number of aryl methyl sites for hydroxylation is 2. The van der Waals surface area contributed by atoms with Crippen molar-refractivity contribution in [2.24, 2.45) is 0 Å². The van der Waals surface area contributed by atoms with E-state index in [2.05, 4.69) is 22.2 Å². The second-order valence-corrected chi connectivity index (χ2v) is 4.32. The number of hydrogen-bond acceptors (Lipinski definition) is 4. The first kappa shape index (κ1) is 12.4. The second-order valence-electron chi connectivity index (χ2n) is 3.11. The van der Waals surface area contributed by atoms with Gasteiger partial charge in [0.05, 0.1) is 5.69 Å². The summed E-state index contributed by atoms with van der Waals surface area (Å²) in [5.41, 5.74) is 0.854. The number of nitrogens with zero attached hydrogens (tertiary/aromatic N) is 1. The molecule has 0 bridgehead atoms. The van der Waals surface area contributed by atoms with E-state index in [9.17, 15) is 9.59 Å². The van der Waals surface area contributed by atoms with E-state index in [1.54, 1.807) is 0 Å². The minimum atomic E-state index is -0.712. The molecule has 0 saturated heterocycles. The Kier molecular flexibility index (Phi) is 4.19. The van der Waals surface area contributed by atoms with E-state index in [1.807, 2.05) is 13.8 Å². The lowest BCUT2D eigenvalue weighted by molar-refractivity contribution is -0.136. The monoisotopic (exact) mass is 239 g/mol. The van der Waals surface area contributed by atoms with Crippen LogP contribution in [0.5, 0.6) is 0 Å². The van der Waals surface area contributed by atoms with Crippen LogP contribution in [0.15, 0.2) is 12.7 Å². The zero-order chi connectivity index (χ0) is 12.1. The van der Waals surface area contributed by atoms with Gasteiger partial charge in [-0.1, -0.05) is 6.08 Å². The van der Waals surface area contributed by atoms with Gasteiger partial charge in [-0.15, -0.1) is 17.9 Å². The minimum absolute atomic E-state index is 0.266. The number of thiazole rings is 1. The summed E-state index contributed by atoms with van der Waals surface area (Å²) < 4.78 is 0. The number of carbonyl (C=O) groups excluding carboxylic acids is 2. The maximum absolute atomic E-state index is 11.3. The van der Waals surface area contributed by atoms with Gasteiger partial charge in [-0.05, 0) is 13.8 Å². The molecule has 1 heterocycles. The Balaban J connectivity index is 2.57. The van der Waals surface area contributed by atoms with Gasteiger partial charge in [0.15, 0.2) is 5.13 Å². The normalized spacial score (nSPS) is 9.62. The van der Waals surface area contributed by atoms with Crippen LogP contribution < -0.4 is 10.6 Å². The molecule has 0 unspecified atom stereocenters. The van der Waals surface area contributed by atoms with Crippen LogP contribution in [0.2, 0.25) is 0 Å². The third-order valence-corrected chi connectivity index (χ3v) is 2.85. The van der Waals surface area contributed by atoms with Crippen molar-refractivity contribution in [2.75, 3.05) is 11.9 Å². The molecule has 0 atom stereocenters. The Morgan fingerprint density at radius 3 is 2.62 bits per heavy atom. The predicted molar refractivity (Wildman–Crippen MR) is 63.4 cm³/mol. The average Bonchev–Trinajstić information content (AvgIpc) is 2.54. The van der Waals surface area contributed by atoms with Crippen LogP contribution in [0.25, 0.3) is 0 Å². The predicted octanol–water partition coefficient (Wildman–Crippen LogP) is 1.00. The number of anilines is 1. The molecule has 1 aromatic heterocycles. The molecule has 6 heteroatoms. The van der Waals surface area contributed by atoms with E-state index in [0.29, 0.717) is 5.13 Å². The van der Waals surface area contributed by atoms with Crippen molar-refractivity contribution in [3.8, 4) is 0 Å². The first-order chi connectivity index (χ1) is 7.54. The van der Waals surface area contributed by atoms with Gasteiger partial charge in [0.2, 0.25) is 0 Å². The molecule has 2 amide bonds. The van der Waals surface area contributed by atoms with E-state index >= 15 is 0 Å². The van der Waals surface area contributed by atoms with Crippen molar-refractivity contribution in [1.82, 2.24) is 10.3 Å². The molecular formula is C10H13N3O2S. The first-order valence-electron chi connectivity index (χ1n) is 4.68. The first-order valence-corrected chi connectivity index (χ1v) is 5.50. The molecule has 16 heavy (non-hydrogen) atoms. The fourth-order valence-corrected chi connectivity index (χ4v) is 1.73. The lowest BCUT2D eigenvalue weighted by Crippen LogP contribution is -2.35. The Hall–Kier alpha value is -1.69. The number of amides is 2. The highest BCUT2D eigenvalue weighted by Crippen LogP contribution is 2.20. The topological polar surface area (TPSA) is 71.1 Å². The maximum atomic E-state index is 11.3. The molecule has 0 aliphatic carbocycles. The van der Waals surface area contributed by atoms with Gasteiger partial charge < -0.3 is 5.32 Å². The lowest BCUT2D eigenvalue weighted by atomic mass is 10.4. The minimum Gasteiger partial charge on any atom is -0.344 e. The second kappa shape index (κ2) is 5.41. The summed E-state index contributed by atoms with van der Waals surface area (Å²) in [5.74, 6) is -1.40. The van der Waals surface area contributed by atoms with Gasteiger partial charge >= 0.3 is 11.8 Å². The van der Waals surface area contributed by atoms with Crippen LogP contribution in [0.3, 0.4) is 0 Å². The lowest BCUT2D eigenvalue weighted by Gasteiger charge is -2.01. The smallest absolute Gasteiger partial charge is 0.315 e. The fraction of sp³-hybridized carbons (Fsp3) is 0.300. The summed E-state index contributed by atoms with van der Waals surface area (Å²) in [6.07, 6.45) is 1.50. The number of hydrogen-bond donors (Lipinski definition) is 2. The van der Waals surface area contributed by atoms with Gasteiger partial charge in [0.1, 0.15) is 0 Å². The Bertz CT molecular complexity index is 406. The number of carbonyl (C=O) groups is 2. The number of aromatic nitrogens is 1. The van der Waals surface area contributed by atoms with Crippen LogP contribution in [-0.2, 0) is 9.59 Å². The van der Waals surface area contributed by atoms with E-state index in [-0.39, 0.29) is 6.54 Å². The Morgan fingerprint density at radius 1 is 1.44 bits per heavy atom. The molecule has 0 spiro atoms. The van der Waals surface area contributed by atoms with Crippen molar-refractivity contribution >= 4 is 28.3 Å². The van der Waals surface area contributed by atoms with Gasteiger partial charge in [0.25, 0.3) is 0 Å². The van der Waals surface area contributed by atoms with E-state index in [0.717, 1.165) is 10.6 Å². The van der Waals surface area contributed by atoms with Gasteiger partial charge in [0, 0.05) is 11.4 Å². The molecule has 0 fully saturated rings. The largest absolute Gasteiger partial charge is 0.344 e. The summed E-state index contributed by atoms with van der Waals surface area (Å²) in [4.78, 5) is 27.7. The van der Waals surface area contributed by atoms with E-state index in [1.165, 1.54) is 17.4 Å². The maximum Gasteiger partial charge on any atom is 0.315 e. The zero-order valence-corrected chi connectivity index (χ0v) is 9.98. The number of nitrogens with one attached hydrogen (secondary N) is 2. The molecule has 0 saturated carbocycles. The van der Waals surface area contributed by atoms with Crippen molar-refractivity contribution in [3.63, 3.8) is 0 Å². The third kappa shape index (κ3) is 3.16. The van der Waals surface area contributed by atoms with Gasteiger partial charge in [-0.2, -0.15) is 0 Å². The molecule has 86 valence electrons. The summed E-state index contributed by atoms with van der Waals surface area (Å²) in [6, 6.07) is 0. The third-order valence-electron chi connectivity index (χ3n) is 1.86. The highest BCUT2D eigenvalue weighted by Gasteiger charge is 2.14. The Labute approximate surface area is 97.6 Å². The Morgan fingerprint density at radius 2 is 2.12 bits per heavy atom. The zero-order valence-electron chi connectivity index (χ0n) is 9.16. The number of rotatable bonds is 3. The molecule has 0 radical (unpaired) electrons. The van der Waals surface area contributed by atoms with E-state index in [4.69, 9.17) is 0 Å². The molecule has 0 aliphatic heterocycles. The highest BCUT2D eigenvalue weighted by atomic mass is 32.1. The highest BCUT2D eigenvalue weighted by molar-refractivity contribution is 7.15. The standard InChI is InChI=1S/C10H13N3O2S/c1-4-5-11-8(14)9(15)13-10-12-6(2)7(3)16-10/h4H,1,5H2,2-3H3,(H,11,14)(H,12,13,15). The fourth-order valence-electron chi connectivity index (χ4n) is 0.925. The molecule has 1 aromatic rings. The van der Waals surface area contributed by atoms with Gasteiger partial charge in [-0.3, -0.25) is 14.9 Å². The van der Waals surface area contributed by atoms with Crippen LogP contribution >= 0.6 is 11.3 Å². The quantitative estimate of drug-likeness (QED) is 0.610. The van der Waals surface area contributed by atoms with Crippen molar-refractivity contribution in [3.05, 3.63) is 23.2 Å². The SMILES string of the molecule is C=CCNC(=O)C(=O)Nc1nc(C)c(C)s1. The van der Waals surface area contributed by atoms with E-state index < -0.39 is 11.8 Å². The van der Waals surface area contributed by atoms with Crippen molar-refractivity contribution < 1.29 is 9.59 Å². The van der Waals surface area contributed by atoms with Gasteiger partial charge in [-0.25, -0.2) is 4.98 Å². The van der Waals surface area contributed by atoms with Crippen LogP contribution in [0.1, 0.15) is 10.6 Å². The molecule has 0 aliphatic rings. The average molecular weight is 239 g/mol. The molecule has 0 aromatic carbocycles. The van der Waals surface area contributed by atoms with Crippen molar-refractivity contribution in [1.29, 1.82) is 0 Å². The molecule has 5 nitrogen and oxygen atoms in total.